The Morgan fingerprint density at radius 2 is 1.75 bits per heavy atom. The molecule has 0 aliphatic carbocycles. The molecule has 20 heavy (non-hydrogen) atoms. The zero-order valence-electron chi connectivity index (χ0n) is 12.4. The van der Waals surface area contributed by atoms with E-state index in [2.05, 4.69) is 5.32 Å². The van der Waals surface area contributed by atoms with Gasteiger partial charge in [-0.1, -0.05) is 0 Å². The van der Waals surface area contributed by atoms with Crippen molar-refractivity contribution in [3.8, 4) is 0 Å². The molecule has 1 aliphatic heterocycles. The second kappa shape index (κ2) is 9.68. The molecule has 116 valence electrons. The van der Waals surface area contributed by atoms with Crippen LogP contribution in [0.1, 0.15) is 6.42 Å². The molecule has 0 aromatic rings. The van der Waals surface area contributed by atoms with Gasteiger partial charge in [-0.2, -0.15) is 0 Å². The van der Waals surface area contributed by atoms with Gasteiger partial charge in [0.25, 0.3) is 0 Å². The van der Waals surface area contributed by atoms with Crippen LogP contribution in [0.5, 0.6) is 0 Å². The van der Waals surface area contributed by atoms with Crippen LogP contribution in [0.2, 0.25) is 0 Å². The van der Waals surface area contributed by atoms with E-state index in [0.717, 1.165) is 13.1 Å². The van der Waals surface area contributed by atoms with Crippen LogP contribution >= 0.6 is 0 Å². The summed E-state index contributed by atoms with van der Waals surface area (Å²) in [6, 6.07) is 0. The average Bonchev–Trinajstić information content (AvgIpc) is 2.50. The Balaban J connectivity index is 2.52. The third kappa shape index (κ3) is 5.44. The van der Waals surface area contributed by atoms with E-state index in [4.69, 9.17) is 9.47 Å². The van der Waals surface area contributed by atoms with Crippen LogP contribution in [0.25, 0.3) is 0 Å². The normalized spacial score (nSPS) is 15.2. The largest absolute Gasteiger partial charge is 0.385 e. The van der Waals surface area contributed by atoms with E-state index in [0.29, 0.717) is 45.8 Å². The summed E-state index contributed by atoms with van der Waals surface area (Å²) < 4.78 is 9.97. The first-order valence-electron chi connectivity index (χ1n) is 6.97. The lowest BCUT2D eigenvalue weighted by molar-refractivity contribution is -0.152. The number of carbonyl (C=O) groups is 2. The minimum absolute atomic E-state index is 0.417. The molecule has 0 unspecified atom stereocenters. The van der Waals surface area contributed by atoms with E-state index in [9.17, 15) is 9.59 Å². The number of rotatable bonds is 7. The van der Waals surface area contributed by atoms with Crippen LogP contribution in [0.15, 0.2) is 0 Å². The number of ether oxygens (including phenoxy) is 2. The van der Waals surface area contributed by atoms with Gasteiger partial charge in [-0.25, -0.2) is 0 Å². The van der Waals surface area contributed by atoms with Gasteiger partial charge >= 0.3 is 11.8 Å². The van der Waals surface area contributed by atoms with Gasteiger partial charge in [-0.15, -0.1) is 0 Å². The van der Waals surface area contributed by atoms with E-state index < -0.39 is 11.8 Å². The van der Waals surface area contributed by atoms with E-state index in [1.807, 2.05) is 0 Å². The number of nitrogens with zero attached hydrogens (tertiary/aromatic N) is 2. The standard InChI is InChI=1S/C13H25N3O4/c1-19-10-3-6-15(9-11-20-2)12(17)13(18)16-7-4-14-5-8-16/h14H,3-11H2,1-2H3. The van der Waals surface area contributed by atoms with Gasteiger partial charge in [0.15, 0.2) is 0 Å². The quantitative estimate of drug-likeness (QED) is 0.477. The summed E-state index contributed by atoms with van der Waals surface area (Å²) in [5, 5.41) is 3.16. The molecule has 0 spiro atoms. The summed E-state index contributed by atoms with van der Waals surface area (Å²) in [6.45, 7) is 4.57. The van der Waals surface area contributed by atoms with Gasteiger partial charge in [0, 0.05) is 60.1 Å². The fourth-order valence-corrected chi connectivity index (χ4v) is 2.05. The predicted octanol–water partition coefficient (Wildman–Crippen LogP) is -1.07. The molecule has 2 amide bonds. The fourth-order valence-electron chi connectivity index (χ4n) is 2.05. The number of amides is 2. The zero-order valence-corrected chi connectivity index (χ0v) is 12.4. The monoisotopic (exact) mass is 287 g/mol. The molecule has 7 heteroatoms. The lowest BCUT2D eigenvalue weighted by Crippen LogP contribution is -2.52. The van der Waals surface area contributed by atoms with Gasteiger partial charge in [0.1, 0.15) is 0 Å². The molecule has 0 bridgehead atoms. The van der Waals surface area contributed by atoms with Crippen molar-refractivity contribution in [1.82, 2.24) is 15.1 Å². The minimum Gasteiger partial charge on any atom is -0.385 e. The second-order valence-corrected chi connectivity index (χ2v) is 4.67. The molecule has 1 saturated heterocycles. The lowest BCUT2D eigenvalue weighted by Gasteiger charge is -2.29. The molecule has 1 fully saturated rings. The first kappa shape index (κ1) is 16.9. The molecule has 0 aromatic carbocycles. The maximum Gasteiger partial charge on any atom is 0.312 e. The summed E-state index contributed by atoms with van der Waals surface area (Å²) in [6.07, 6.45) is 0.709. The highest BCUT2D eigenvalue weighted by atomic mass is 16.5. The first-order chi connectivity index (χ1) is 9.70. The molecule has 1 aliphatic rings. The number of hydrogen-bond donors (Lipinski definition) is 1. The number of hydrogen-bond acceptors (Lipinski definition) is 5. The van der Waals surface area contributed by atoms with Crippen molar-refractivity contribution >= 4 is 11.8 Å². The Hall–Kier alpha value is -1.18. The Morgan fingerprint density at radius 1 is 1.10 bits per heavy atom. The van der Waals surface area contributed by atoms with Gasteiger partial charge in [-0.05, 0) is 6.42 Å². The molecule has 0 saturated carbocycles. The molecule has 0 atom stereocenters. The Bertz CT molecular complexity index is 306. The van der Waals surface area contributed by atoms with E-state index >= 15 is 0 Å². The lowest BCUT2D eigenvalue weighted by atomic mass is 10.3. The van der Waals surface area contributed by atoms with Crippen LogP contribution in [0.3, 0.4) is 0 Å². The fraction of sp³-hybridized carbons (Fsp3) is 0.846. The van der Waals surface area contributed by atoms with E-state index in [-0.39, 0.29) is 0 Å². The Morgan fingerprint density at radius 3 is 2.35 bits per heavy atom. The molecule has 1 N–H and O–H groups in total. The summed E-state index contributed by atoms with van der Waals surface area (Å²) in [4.78, 5) is 27.6. The van der Waals surface area contributed by atoms with Crippen molar-refractivity contribution in [3.05, 3.63) is 0 Å². The van der Waals surface area contributed by atoms with E-state index in [1.165, 1.54) is 0 Å². The number of carbonyl (C=O) groups excluding carboxylic acids is 2. The van der Waals surface area contributed by atoms with Crippen molar-refractivity contribution in [3.63, 3.8) is 0 Å². The summed E-state index contributed by atoms with van der Waals surface area (Å²) in [5.41, 5.74) is 0. The van der Waals surface area contributed by atoms with Crippen LogP contribution in [0.4, 0.5) is 0 Å². The summed E-state index contributed by atoms with van der Waals surface area (Å²) in [7, 11) is 3.20. The van der Waals surface area contributed by atoms with E-state index in [1.54, 1.807) is 24.0 Å². The SMILES string of the molecule is COCCCN(CCOC)C(=O)C(=O)N1CCNCC1. The highest BCUT2D eigenvalue weighted by Gasteiger charge is 2.27. The maximum atomic E-state index is 12.3. The molecular formula is C13H25N3O4. The minimum atomic E-state index is -0.444. The smallest absolute Gasteiger partial charge is 0.312 e. The highest BCUT2D eigenvalue weighted by Crippen LogP contribution is 2.01. The van der Waals surface area contributed by atoms with Gasteiger partial charge in [0.05, 0.1) is 6.61 Å². The first-order valence-corrected chi connectivity index (χ1v) is 6.97. The number of piperazine rings is 1. The van der Waals surface area contributed by atoms with Gasteiger partial charge in [-0.3, -0.25) is 9.59 Å². The number of nitrogens with one attached hydrogen (secondary N) is 1. The van der Waals surface area contributed by atoms with Crippen LogP contribution in [-0.4, -0.2) is 88.3 Å². The maximum absolute atomic E-state index is 12.3. The van der Waals surface area contributed by atoms with Crippen molar-refractivity contribution in [1.29, 1.82) is 0 Å². The second-order valence-electron chi connectivity index (χ2n) is 4.67. The molecule has 1 heterocycles. The average molecular weight is 287 g/mol. The van der Waals surface area contributed by atoms with Crippen LogP contribution in [0, 0.1) is 0 Å². The molecule has 0 radical (unpaired) electrons. The van der Waals surface area contributed by atoms with Gasteiger partial charge < -0.3 is 24.6 Å². The molecule has 0 aromatic heterocycles. The van der Waals surface area contributed by atoms with Crippen LogP contribution in [-0.2, 0) is 19.1 Å². The van der Waals surface area contributed by atoms with Gasteiger partial charge in [0.2, 0.25) is 0 Å². The highest BCUT2D eigenvalue weighted by molar-refractivity contribution is 6.34. The Labute approximate surface area is 120 Å². The van der Waals surface area contributed by atoms with Crippen LogP contribution < -0.4 is 5.32 Å². The predicted molar refractivity (Wildman–Crippen MR) is 74.4 cm³/mol. The molecule has 1 rings (SSSR count). The molecular weight excluding hydrogens is 262 g/mol. The van der Waals surface area contributed by atoms with Crippen molar-refractivity contribution in [2.75, 3.05) is 66.7 Å². The number of methoxy groups -OCH3 is 2. The molecule has 7 nitrogen and oxygen atoms in total. The third-order valence-corrected chi connectivity index (χ3v) is 3.22. The van der Waals surface area contributed by atoms with Crippen molar-refractivity contribution in [2.24, 2.45) is 0 Å². The summed E-state index contributed by atoms with van der Waals surface area (Å²) >= 11 is 0. The summed E-state index contributed by atoms with van der Waals surface area (Å²) in [5.74, 6) is -0.861. The topological polar surface area (TPSA) is 71.1 Å². The van der Waals surface area contributed by atoms with Crippen molar-refractivity contribution < 1.29 is 19.1 Å². The zero-order chi connectivity index (χ0) is 14.8. The Kier molecular flexibility index (Phi) is 8.17. The third-order valence-electron chi connectivity index (χ3n) is 3.22. The van der Waals surface area contributed by atoms with Crippen molar-refractivity contribution in [2.45, 2.75) is 6.42 Å².